The second kappa shape index (κ2) is 5.47. The summed E-state index contributed by atoms with van der Waals surface area (Å²) in [5.41, 5.74) is 0. The molecule has 2 saturated heterocycles. The highest BCUT2D eigenvalue weighted by Crippen LogP contribution is 2.23. The molecule has 1 aromatic carbocycles. The predicted molar refractivity (Wildman–Crippen MR) is 71.3 cm³/mol. The van der Waals surface area contributed by atoms with Crippen molar-refractivity contribution in [2.45, 2.75) is 25.0 Å². The third kappa shape index (κ3) is 2.97. The van der Waals surface area contributed by atoms with Crippen molar-refractivity contribution >= 4 is 11.6 Å². The fraction of sp³-hybridized carbons (Fsp3) is 0.571. The molecule has 2 aliphatic heterocycles. The smallest absolute Gasteiger partial charge is 0.124 e. The number of hydrogen-bond donors (Lipinski definition) is 0. The average molecular weight is 268 g/mol. The van der Waals surface area contributed by atoms with E-state index < -0.39 is 0 Å². The van der Waals surface area contributed by atoms with Crippen molar-refractivity contribution in [1.82, 2.24) is 4.90 Å². The Morgan fingerprint density at radius 2 is 2.28 bits per heavy atom. The molecule has 3 rings (SSSR count). The lowest BCUT2D eigenvalue weighted by atomic mass is 10.1. The first-order valence-electron chi connectivity index (χ1n) is 6.56. The minimum atomic E-state index is 0.296. The van der Waals surface area contributed by atoms with Crippen molar-refractivity contribution in [2.24, 2.45) is 0 Å². The largest absolute Gasteiger partial charge is 0.488 e. The summed E-state index contributed by atoms with van der Waals surface area (Å²) in [5, 5.41) is 0.725. The molecule has 1 atom stereocenters. The van der Waals surface area contributed by atoms with E-state index in [1.807, 2.05) is 24.3 Å². The first kappa shape index (κ1) is 12.3. The minimum Gasteiger partial charge on any atom is -0.488 e. The molecule has 2 aliphatic rings. The Morgan fingerprint density at radius 1 is 1.39 bits per heavy atom. The van der Waals surface area contributed by atoms with Gasteiger partial charge in [-0.05, 0) is 31.0 Å². The molecule has 98 valence electrons. The summed E-state index contributed by atoms with van der Waals surface area (Å²) in [6.07, 6.45) is 3.15. The van der Waals surface area contributed by atoms with Crippen LogP contribution in [0.1, 0.15) is 12.8 Å². The van der Waals surface area contributed by atoms with Crippen LogP contribution in [0.2, 0.25) is 5.02 Å². The molecule has 0 saturated carbocycles. The molecule has 0 N–H and O–H groups in total. The van der Waals surface area contributed by atoms with Crippen LogP contribution in [0, 0.1) is 0 Å². The van der Waals surface area contributed by atoms with Crippen molar-refractivity contribution in [3.63, 3.8) is 0 Å². The van der Waals surface area contributed by atoms with Gasteiger partial charge >= 0.3 is 0 Å². The zero-order valence-corrected chi connectivity index (χ0v) is 11.1. The van der Waals surface area contributed by atoms with Crippen molar-refractivity contribution in [3.05, 3.63) is 29.3 Å². The van der Waals surface area contributed by atoms with Gasteiger partial charge in [0.2, 0.25) is 0 Å². The fourth-order valence-corrected chi connectivity index (χ4v) is 2.74. The van der Waals surface area contributed by atoms with Crippen LogP contribution in [0.3, 0.4) is 0 Å². The summed E-state index contributed by atoms with van der Waals surface area (Å²) >= 11 is 5.92. The highest BCUT2D eigenvalue weighted by molar-refractivity contribution is 6.30. The highest BCUT2D eigenvalue weighted by Gasteiger charge is 2.31. The Kier molecular flexibility index (Phi) is 3.73. The highest BCUT2D eigenvalue weighted by atomic mass is 35.5. The van der Waals surface area contributed by atoms with E-state index >= 15 is 0 Å². The molecule has 0 spiro atoms. The fourth-order valence-electron chi connectivity index (χ4n) is 2.56. The van der Waals surface area contributed by atoms with Crippen LogP contribution >= 0.6 is 11.6 Å². The SMILES string of the molecule is Clc1cccc(OC2CN(C[C@H]3CCCO3)C2)c1. The van der Waals surface area contributed by atoms with Crippen molar-refractivity contribution in [2.75, 3.05) is 26.2 Å². The standard InChI is InChI=1S/C14H18ClNO2/c15-11-3-1-4-12(7-11)18-14-9-16(10-14)8-13-5-2-6-17-13/h1,3-4,7,13-14H,2,5-6,8-10H2/t13-/m1/s1. The second-order valence-electron chi connectivity index (χ2n) is 5.05. The van der Waals surface area contributed by atoms with E-state index in [0.717, 1.165) is 37.0 Å². The van der Waals surface area contributed by atoms with E-state index in [9.17, 15) is 0 Å². The first-order valence-corrected chi connectivity index (χ1v) is 6.93. The number of benzene rings is 1. The van der Waals surface area contributed by atoms with E-state index in [1.54, 1.807) is 0 Å². The van der Waals surface area contributed by atoms with Gasteiger partial charge in [-0.1, -0.05) is 17.7 Å². The van der Waals surface area contributed by atoms with Crippen LogP contribution in [0.5, 0.6) is 5.75 Å². The van der Waals surface area contributed by atoms with Gasteiger partial charge in [0.1, 0.15) is 11.9 Å². The number of likely N-dealkylation sites (tertiary alicyclic amines) is 1. The molecule has 4 heteroatoms. The summed E-state index contributed by atoms with van der Waals surface area (Å²) in [6.45, 7) is 3.97. The maximum absolute atomic E-state index is 5.92. The monoisotopic (exact) mass is 267 g/mol. The van der Waals surface area contributed by atoms with Crippen LogP contribution in [-0.4, -0.2) is 43.3 Å². The molecular weight excluding hydrogens is 250 g/mol. The van der Waals surface area contributed by atoms with Gasteiger partial charge in [0.15, 0.2) is 0 Å². The van der Waals surface area contributed by atoms with Crippen molar-refractivity contribution in [3.8, 4) is 5.75 Å². The van der Waals surface area contributed by atoms with Crippen molar-refractivity contribution < 1.29 is 9.47 Å². The van der Waals surface area contributed by atoms with E-state index in [4.69, 9.17) is 21.1 Å². The topological polar surface area (TPSA) is 21.7 Å². The predicted octanol–water partition coefficient (Wildman–Crippen LogP) is 2.58. The number of rotatable bonds is 4. The summed E-state index contributed by atoms with van der Waals surface area (Å²) < 4.78 is 11.5. The molecule has 0 aliphatic carbocycles. The van der Waals surface area contributed by atoms with Gasteiger partial charge in [-0.3, -0.25) is 4.90 Å². The molecule has 18 heavy (non-hydrogen) atoms. The number of nitrogens with zero attached hydrogens (tertiary/aromatic N) is 1. The van der Waals surface area contributed by atoms with E-state index in [2.05, 4.69) is 4.90 Å². The third-order valence-corrected chi connectivity index (χ3v) is 3.74. The lowest BCUT2D eigenvalue weighted by Crippen LogP contribution is -2.55. The zero-order valence-electron chi connectivity index (χ0n) is 10.3. The maximum Gasteiger partial charge on any atom is 0.124 e. The molecule has 0 bridgehead atoms. The second-order valence-corrected chi connectivity index (χ2v) is 5.49. The van der Waals surface area contributed by atoms with Crippen LogP contribution in [0.25, 0.3) is 0 Å². The summed E-state index contributed by atoms with van der Waals surface area (Å²) in [7, 11) is 0. The molecule has 0 unspecified atom stereocenters. The minimum absolute atomic E-state index is 0.296. The molecule has 0 amide bonds. The Labute approximate surface area is 113 Å². The third-order valence-electron chi connectivity index (χ3n) is 3.51. The maximum atomic E-state index is 5.92. The van der Waals surface area contributed by atoms with Crippen LogP contribution < -0.4 is 4.74 Å². The number of hydrogen-bond acceptors (Lipinski definition) is 3. The van der Waals surface area contributed by atoms with Crippen molar-refractivity contribution in [1.29, 1.82) is 0 Å². The summed E-state index contributed by atoms with van der Waals surface area (Å²) in [5.74, 6) is 0.865. The zero-order chi connectivity index (χ0) is 12.4. The molecule has 1 aromatic rings. The Balaban J connectivity index is 1.42. The van der Waals surface area contributed by atoms with Gasteiger partial charge in [-0.2, -0.15) is 0 Å². The quantitative estimate of drug-likeness (QED) is 0.837. The van der Waals surface area contributed by atoms with Gasteiger partial charge in [0.25, 0.3) is 0 Å². The Morgan fingerprint density at radius 3 is 3.00 bits per heavy atom. The molecule has 0 aromatic heterocycles. The first-order chi connectivity index (χ1) is 8.79. The van der Waals surface area contributed by atoms with E-state index in [0.29, 0.717) is 12.2 Å². The summed E-state index contributed by atoms with van der Waals surface area (Å²) in [6, 6.07) is 7.60. The molecule has 2 fully saturated rings. The molecule has 2 heterocycles. The molecule has 3 nitrogen and oxygen atoms in total. The number of ether oxygens (including phenoxy) is 2. The number of halogens is 1. The van der Waals surface area contributed by atoms with Gasteiger partial charge < -0.3 is 9.47 Å². The van der Waals surface area contributed by atoms with Gasteiger partial charge in [-0.25, -0.2) is 0 Å². The van der Waals surface area contributed by atoms with Gasteiger partial charge in [0.05, 0.1) is 6.10 Å². The lowest BCUT2D eigenvalue weighted by molar-refractivity contribution is -0.0147. The van der Waals surface area contributed by atoms with Gasteiger partial charge in [0, 0.05) is 31.3 Å². The molecular formula is C14H18ClNO2. The Hall–Kier alpha value is -0.770. The van der Waals surface area contributed by atoms with Crippen LogP contribution in [0.4, 0.5) is 0 Å². The average Bonchev–Trinajstić information content (AvgIpc) is 2.79. The normalized spacial score (nSPS) is 25.1. The van der Waals surface area contributed by atoms with Crippen LogP contribution in [-0.2, 0) is 4.74 Å². The van der Waals surface area contributed by atoms with Gasteiger partial charge in [-0.15, -0.1) is 0 Å². The Bertz CT molecular complexity index is 401. The summed E-state index contributed by atoms with van der Waals surface area (Å²) in [4.78, 5) is 2.39. The van der Waals surface area contributed by atoms with E-state index in [1.165, 1.54) is 12.8 Å². The lowest BCUT2D eigenvalue weighted by Gasteiger charge is -2.40. The van der Waals surface area contributed by atoms with Crippen LogP contribution in [0.15, 0.2) is 24.3 Å². The molecule has 0 radical (unpaired) electrons. The van der Waals surface area contributed by atoms with E-state index in [-0.39, 0.29) is 0 Å².